The molecule has 2 aromatic rings. The molecule has 2 heterocycles. The number of aromatic nitrogens is 3. The van der Waals surface area contributed by atoms with Crippen molar-refractivity contribution in [1.82, 2.24) is 19.8 Å². The number of hydrogen-bond donors (Lipinski definition) is 1. The molecule has 134 valence electrons. The average molecular weight is 359 g/mol. The average Bonchev–Trinajstić information content (AvgIpc) is 3.01. The Kier molecular flexibility index (Phi) is 5.63. The van der Waals surface area contributed by atoms with Gasteiger partial charge in [0.05, 0.1) is 5.75 Å². The minimum absolute atomic E-state index is 0.163. The van der Waals surface area contributed by atoms with E-state index in [-0.39, 0.29) is 5.91 Å². The van der Waals surface area contributed by atoms with E-state index in [0.29, 0.717) is 22.8 Å². The quantitative estimate of drug-likeness (QED) is 0.656. The van der Waals surface area contributed by atoms with Gasteiger partial charge in [-0.2, -0.15) is 0 Å². The second-order valence-electron chi connectivity index (χ2n) is 6.48. The minimum Gasteiger partial charge on any atom is -0.339 e. The smallest absolute Gasteiger partial charge is 0.233 e. The standard InChI is InChI=1S/C18H25N5OS/c1-3-15-6-4-5-11-22(15)16(24)12-25-18-21-20-17(23(18)19)14-9-7-13(2)8-10-14/h7-10,15H,3-6,11-12,19H2,1-2H3. The Hall–Kier alpha value is -2.02. The lowest BCUT2D eigenvalue weighted by atomic mass is 10.0. The molecule has 1 fully saturated rings. The number of hydrogen-bond acceptors (Lipinski definition) is 5. The van der Waals surface area contributed by atoms with E-state index in [4.69, 9.17) is 5.84 Å². The number of benzene rings is 1. The van der Waals surface area contributed by atoms with Crippen molar-refractivity contribution >= 4 is 17.7 Å². The molecule has 0 spiro atoms. The lowest BCUT2D eigenvalue weighted by Gasteiger charge is -2.35. The van der Waals surface area contributed by atoms with Crippen LogP contribution in [0, 0.1) is 6.92 Å². The van der Waals surface area contributed by atoms with Crippen LogP contribution in [0.5, 0.6) is 0 Å². The number of thioether (sulfide) groups is 1. The summed E-state index contributed by atoms with van der Waals surface area (Å²) in [5, 5.41) is 8.89. The number of carbonyl (C=O) groups excluding carboxylic acids is 1. The van der Waals surface area contributed by atoms with Crippen molar-refractivity contribution in [3.8, 4) is 11.4 Å². The summed E-state index contributed by atoms with van der Waals surface area (Å²) < 4.78 is 1.47. The number of nitrogens with zero attached hydrogens (tertiary/aromatic N) is 4. The van der Waals surface area contributed by atoms with Crippen LogP contribution in [0.25, 0.3) is 11.4 Å². The highest BCUT2D eigenvalue weighted by Gasteiger charge is 2.25. The first kappa shape index (κ1) is 17.8. The fourth-order valence-corrected chi connectivity index (χ4v) is 3.98. The van der Waals surface area contributed by atoms with Crippen LogP contribution >= 0.6 is 11.8 Å². The van der Waals surface area contributed by atoms with Crippen LogP contribution in [0.2, 0.25) is 0 Å². The van der Waals surface area contributed by atoms with Gasteiger partial charge in [0.1, 0.15) is 0 Å². The van der Waals surface area contributed by atoms with Crippen LogP contribution in [0.15, 0.2) is 29.4 Å². The zero-order valence-electron chi connectivity index (χ0n) is 14.8. The second kappa shape index (κ2) is 7.91. The summed E-state index contributed by atoms with van der Waals surface area (Å²) in [4.78, 5) is 14.6. The van der Waals surface area contributed by atoms with Gasteiger partial charge in [-0.1, -0.05) is 48.5 Å². The lowest BCUT2D eigenvalue weighted by Crippen LogP contribution is -2.44. The van der Waals surface area contributed by atoms with E-state index in [1.54, 1.807) is 0 Å². The van der Waals surface area contributed by atoms with E-state index in [9.17, 15) is 4.79 Å². The summed E-state index contributed by atoms with van der Waals surface area (Å²) in [5.74, 6) is 7.26. The largest absolute Gasteiger partial charge is 0.339 e. The maximum atomic E-state index is 12.6. The first-order valence-electron chi connectivity index (χ1n) is 8.80. The molecule has 1 aliphatic rings. The van der Waals surface area contributed by atoms with Gasteiger partial charge < -0.3 is 10.7 Å². The van der Waals surface area contributed by atoms with Gasteiger partial charge in [0.2, 0.25) is 11.1 Å². The monoisotopic (exact) mass is 359 g/mol. The van der Waals surface area contributed by atoms with Crippen LogP contribution in [0.1, 0.15) is 38.2 Å². The SMILES string of the molecule is CCC1CCCCN1C(=O)CSc1nnc(-c2ccc(C)cc2)n1N. The Labute approximate surface area is 152 Å². The number of nitrogen functional groups attached to an aromatic ring is 1. The predicted molar refractivity (Wildman–Crippen MR) is 101 cm³/mol. The Morgan fingerprint density at radius 2 is 2.04 bits per heavy atom. The molecule has 6 nitrogen and oxygen atoms in total. The van der Waals surface area contributed by atoms with Gasteiger partial charge in [0.25, 0.3) is 0 Å². The Morgan fingerprint density at radius 3 is 2.76 bits per heavy atom. The van der Waals surface area contributed by atoms with Crippen LogP contribution in [-0.2, 0) is 4.79 Å². The summed E-state index contributed by atoms with van der Waals surface area (Å²) in [5.41, 5.74) is 2.10. The van der Waals surface area contributed by atoms with Crippen molar-refractivity contribution in [2.24, 2.45) is 0 Å². The van der Waals surface area contributed by atoms with Crippen LogP contribution < -0.4 is 5.84 Å². The lowest BCUT2D eigenvalue weighted by molar-refractivity contribution is -0.132. The highest BCUT2D eigenvalue weighted by Crippen LogP contribution is 2.24. The van der Waals surface area contributed by atoms with E-state index in [2.05, 4.69) is 17.1 Å². The Balaban J connectivity index is 1.65. The molecule has 25 heavy (non-hydrogen) atoms. The highest BCUT2D eigenvalue weighted by molar-refractivity contribution is 7.99. The molecule has 1 saturated heterocycles. The molecule has 1 aromatic heterocycles. The van der Waals surface area contributed by atoms with Crippen molar-refractivity contribution < 1.29 is 4.79 Å². The zero-order chi connectivity index (χ0) is 17.8. The van der Waals surface area contributed by atoms with Crippen molar-refractivity contribution in [3.05, 3.63) is 29.8 Å². The second-order valence-corrected chi connectivity index (χ2v) is 7.42. The third-order valence-corrected chi connectivity index (χ3v) is 5.65. The molecule has 1 unspecified atom stereocenters. The van der Waals surface area contributed by atoms with Gasteiger partial charge in [0.15, 0.2) is 5.82 Å². The summed E-state index contributed by atoms with van der Waals surface area (Å²) in [7, 11) is 0. The molecule has 1 amide bonds. The predicted octanol–water partition coefficient (Wildman–Crippen LogP) is 2.85. The van der Waals surface area contributed by atoms with E-state index in [1.807, 2.05) is 36.1 Å². The zero-order valence-corrected chi connectivity index (χ0v) is 15.6. The Bertz CT molecular complexity index is 728. The molecule has 1 atom stereocenters. The van der Waals surface area contributed by atoms with Gasteiger partial charge in [-0.15, -0.1) is 10.2 Å². The van der Waals surface area contributed by atoms with E-state index >= 15 is 0 Å². The molecular weight excluding hydrogens is 334 g/mol. The van der Waals surface area contributed by atoms with Gasteiger partial charge in [-0.25, -0.2) is 4.68 Å². The van der Waals surface area contributed by atoms with E-state index < -0.39 is 0 Å². The first-order valence-corrected chi connectivity index (χ1v) is 9.78. The summed E-state index contributed by atoms with van der Waals surface area (Å²) in [6.45, 7) is 5.05. The van der Waals surface area contributed by atoms with Gasteiger partial charge in [-0.05, 0) is 32.6 Å². The topological polar surface area (TPSA) is 77.0 Å². The molecule has 0 radical (unpaired) electrons. The molecule has 1 aromatic carbocycles. The van der Waals surface area contributed by atoms with Crippen molar-refractivity contribution in [2.45, 2.75) is 50.7 Å². The van der Waals surface area contributed by atoms with Gasteiger partial charge in [-0.3, -0.25) is 4.79 Å². The van der Waals surface area contributed by atoms with Gasteiger partial charge >= 0.3 is 0 Å². The summed E-state index contributed by atoms with van der Waals surface area (Å²) in [6.07, 6.45) is 4.43. The molecule has 0 saturated carbocycles. The van der Waals surface area contributed by atoms with Crippen molar-refractivity contribution in [2.75, 3.05) is 18.1 Å². The number of amides is 1. The number of likely N-dealkylation sites (tertiary alicyclic amines) is 1. The first-order chi connectivity index (χ1) is 12.1. The van der Waals surface area contributed by atoms with Crippen LogP contribution in [0.3, 0.4) is 0 Å². The molecule has 1 aliphatic heterocycles. The molecule has 0 aliphatic carbocycles. The van der Waals surface area contributed by atoms with Crippen molar-refractivity contribution in [3.63, 3.8) is 0 Å². The van der Waals surface area contributed by atoms with E-state index in [1.165, 1.54) is 28.4 Å². The molecule has 7 heteroatoms. The molecule has 2 N–H and O–H groups in total. The summed E-state index contributed by atoms with van der Waals surface area (Å²) >= 11 is 1.35. The number of carbonyl (C=O) groups is 1. The number of piperidine rings is 1. The minimum atomic E-state index is 0.163. The Morgan fingerprint density at radius 1 is 1.28 bits per heavy atom. The highest BCUT2D eigenvalue weighted by atomic mass is 32.2. The molecule has 0 bridgehead atoms. The normalized spacial score (nSPS) is 17.7. The van der Waals surface area contributed by atoms with Crippen LogP contribution in [-0.4, -0.2) is 44.0 Å². The molecule has 3 rings (SSSR count). The third kappa shape index (κ3) is 3.98. The van der Waals surface area contributed by atoms with Gasteiger partial charge in [0, 0.05) is 18.2 Å². The molecular formula is C18H25N5OS. The maximum absolute atomic E-state index is 12.6. The third-order valence-electron chi connectivity index (χ3n) is 4.72. The van der Waals surface area contributed by atoms with E-state index in [0.717, 1.165) is 31.4 Å². The fourth-order valence-electron chi connectivity index (χ4n) is 3.24. The van der Waals surface area contributed by atoms with Crippen molar-refractivity contribution in [1.29, 1.82) is 0 Å². The van der Waals surface area contributed by atoms with Crippen LogP contribution in [0.4, 0.5) is 0 Å². The maximum Gasteiger partial charge on any atom is 0.233 e. The number of nitrogens with two attached hydrogens (primary N) is 1. The number of aryl methyl sites for hydroxylation is 1. The number of rotatable bonds is 5. The summed E-state index contributed by atoms with van der Waals surface area (Å²) in [6, 6.07) is 8.35. The fraction of sp³-hybridized carbons (Fsp3) is 0.500.